The van der Waals surface area contributed by atoms with Gasteiger partial charge in [-0.05, 0) is 50.4 Å². The lowest BCUT2D eigenvalue weighted by molar-refractivity contribution is -0.119. The molecule has 1 amide bonds. The summed E-state index contributed by atoms with van der Waals surface area (Å²) in [7, 11) is 0. The van der Waals surface area contributed by atoms with E-state index in [0.29, 0.717) is 16.5 Å². The van der Waals surface area contributed by atoms with Crippen molar-refractivity contribution in [1.82, 2.24) is 20.1 Å². The Bertz CT molecular complexity index is 1180. The topological polar surface area (TPSA) is 73.0 Å². The summed E-state index contributed by atoms with van der Waals surface area (Å²) < 4.78 is 21.4. The molecule has 0 bridgehead atoms. The number of nitrogens with one attached hydrogen (secondary N) is 1. The SMILES string of the molecule is CCn1c(SCC(=O)NC(C)c2oc3ccc(F)cc3c2C)nnc1-c1cccs1. The van der Waals surface area contributed by atoms with Crippen LogP contribution in [0, 0.1) is 12.7 Å². The molecule has 6 nitrogen and oxygen atoms in total. The lowest BCUT2D eigenvalue weighted by Crippen LogP contribution is -2.28. The van der Waals surface area contributed by atoms with Crippen LogP contribution >= 0.6 is 23.1 Å². The monoisotopic (exact) mass is 444 g/mol. The summed E-state index contributed by atoms with van der Waals surface area (Å²) in [5.41, 5.74) is 1.44. The van der Waals surface area contributed by atoms with Crippen molar-refractivity contribution in [2.45, 2.75) is 38.5 Å². The highest BCUT2D eigenvalue weighted by atomic mass is 32.2. The second-order valence-electron chi connectivity index (χ2n) is 6.84. The van der Waals surface area contributed by atoms with Crippen LogP contribution in [0.4, 0.5) is 4.39 Å². The molecule has 1 N–H and O–H groups in total. The molecule has 9 heteroatoms. The molecule has 0 fully saturated rings. The average Bonchev–Trinajstić information content (AvgIpc) is 3.45. The van der Waals surface area contributed by atoms with E-state index in [2.05, 4.69) is 15.5 Å². The first-order valence-corrected chi connectivity index (χ1v) is 11.4. The number of thiophene rings is 1. The Morgan fingerprint density at radius 1 is 1.37 bits per heavy atom. The highest BCUT2D eigenvalue weighted by molar-refractivity contribution is 7.99. The van der Waals surface area contributed by atoms with Gasteiger partial charge in [-0.3, -0.25) is 4.79 Å². The van der Waals surface area contributed by atoms with Gasteiger partial charge in [-0.15, -0.1) is 21.5 Å². The van der Waals surface area contributed by atoms with Gasteiger partial charge in [-0.25, -0.2) is 4.39 Å². The standard InChI is InChI=1S/C21H21FN4O2S2/c1-4-26-20(17-6-5-9-29-17)24-25-21(26)30-11-18(27)23-13(3)19-12(2)15-10-14(22)7-8-16(15)28-19/h5-10,13H,4,11H2,1-3H3,(H,23,27). The van der Waals surface area contributed by atoms with Crippen LogP contribution in [0.2, 0.25) is 0 Å². The van der Waals surface area contributed by atoms with Gasteiger partial charge in [-0.2, -0.15) is 0 Å². The van der Waals surface area contributed by atoms with E-state index in [-0.39, 0.29) is 23.5 Å². The summed E-state index contributed by atoms with van der Waals surface area (Å²) in [5, 5.41) is 14.9. The Morgan fingerprint density at radius 2 is 2.20 bits per heavy atom. The maximum Gasteiger partial charge on any atom is 0.231 e. The quantitative estimate of drug-likeness (QED) is 0.397. The predicted octanol–water partition coefficient (Wildman–Crippen LogP) is 5.19. The molecule has 0 aliphatic heterocycles. The molecule has 1 aromatic carbocycles. The third-order valence-electron chi connectivity index (χ3n) is 4.81. The Morgan fingerprint density at radius 3 is 2.93 bits per heavy atom. The van der Waals surface area contributed by atoms with E-state index in [1.54, 1.807) is 17.4 Å². The molecule has 4 rings (SSSR count). The largest absolute Gasteiger partial charge is 0.459 e. The number of rotatable bonds is 7. The maximum absolute atomic E-state index is 13.5. The van der Waals surface area contributed by atoms with Crippen LogP contribution in [0.1, 0.15) is 31.2 Å². The van der Waals surface area contributed by atoms with Crippen molar-refractivity contribution in [1.29, 1.82) is 0 Å². The number of aryl methyl sites for hydroxylation is 1. The molecule has 156 valence electrons. The number of carbonyl (C=O) groups is 1. The Labute approximate surface area is 181 Å². The highest BCUT2D eigenvalue weighted by Gasteiger charge is 2.20. The number of hydrogen-bond acceptors (Lipinski definition) is 6. The van der Waals surface area contributed by atoms with Crippen molar-refractivity contribution in [3.05, 3.63) is 52.9 Å². The molecule has 0 saturated heterocycles. The van der Waals surface area contributed by atoms with E-state index in [0.717, 1.165) is 28.2 Å². The number of thioether (sulfide) groups is 1. The number of amides is 1. The first kappa shape index (κ1) is 20.6. The zero-order valence-electron chi connectivity index (χ0n) is 16.8. The van der Waals surface area contributed by atoms with Gasteiger partial charge in [0.25, 0.3) is 0 Å². The normalized spacial score (nSPS) is 12.4. The van der Waals surface area contributed by atoms with Gasteiger partial charge in [0.15, 0.2) is 11.0 Å². The molecule has 3 aromatic heterocycles. The van der Waals surface area contributed by atoms with Crippen LogP contribution < -0.4 is 5.32 Å². The van der Waals surface area contributed by atoms with E-state index in [4.69, 9.17) is 4.42 Å². The first-order chi connectivity index (χ1) is 14.5. The molecule has 0 saturated carbocycles. The van der Waals surface area contributed by atoms with E-state index in [1.165, 1.54) is 23.9 Å². The molecule has 0 radical (unpaired) electrons. The Balaban J connectivity index is 1.43. The van der Waals surface area contributed by atoms with Gasteiger partial charge in [0.1, 0.15) is 17.2 Å². The smallest absolute Gasteiger partial charge is 0.231 e. The molecule has 0 aliphatic rings. The minimum absolute atomic E-state index is 0.137. The lowest BCUT2D eigenvalue weighted by Gasteiger charge is -2.12. The predicted molar refractivity (Wildman–Crippen MR) is 117 cm³/mol. The number of carbonyl (C=O) groups excluding carboxylic acids is 1. The molecule has 4 aromatic rings. The molecular weight excluding hydrogens is 423 g/mol. The fourth-order valence-corrected chi connectivity index (χ4v) is 4.90. The third-order valence-corrected chi connectivity index (χ3v) is 6.65. The summed E-state index contributed by atoms with van der Waals surface area (Å²) in [4.78, 5) is 13.6. The number of fused-ring (bicyclic) bond motifs is 1. The van der Waals surface area contributed by atoms with Crippen molar-refractivity contribution >= 4 is 40.0 Å². The number of nitrogens with zero attached hydrogens (tertiary/aromatic N) is 3. The third kappa shape index (κ3) is 3.99. The van der Waals surface area contributed by atoms with Gasteiger partial charge in [0, 0.05) is 17.5 Å². The second kappa shape index (κ2) is 8.61. The van der Waals surface area contributed by atoms with Crippen molar-refractivity contribution in [2.24, 2.45) is 0 Å². The van der Waals surface area contributed by atoms with Crippen molar-refractivity contribution in [3.63, 3.8) is 0 Å². The number of aromatic nitrogens is 3. The maximum atomic E-state index is 13.5. The second-order valence-corrected chi connectivity index (χ2v) is 8.73. The van der Waals surface area contributed by atoms with Crippen molar-refractivity contribution < 1.29 is 13.6 Å². The molecule has 0 spiro atoms. The Kier molecular flexibility index (Phi) is 5.92. The van der Waals surface area contributed by atoms with Gasteiger partial charge in [0.05, 0.1) is 16.7 Å². The fraction of sp³-hybridized carbons (Fsp3) is 0.286. The van der Waals surface area contributed by atoms with Gasteiger partial charge in [0.2, 0.25) is 5.91 Å². The minimum Gasteiger partial charge on any atom is -0.459 e. The molecule has 30 heavy (non-hydrogen) atoms. The van der Waals surface area contributed by atoms with Crippen LogP contribution in [0.25, 0.3) is 21.7 Å². The molecule has 3 heterocycles. The summed E-state index contributed by atoms with van der Waals surface area (Å²) in [6, 6.07) is 8.07. The number of benzene rings is 1. The zero-order chi connectivity index (χ0) is 21.3. The van der Waals surface area contributed by atoms with Crippen LogP contribution in [0.3, 0.4) is 0 Å². The van der Waals surface area contributed by atoms with E-state index in [9.17, 15) is 9.18 Å². The molecule has 1 unspecified atom stereocenters. The van der Waals surface area contributed by atoms with Crippen LogP contribution in [-0.2, 0) is 11.3 Å². The van der Waals surface area contributed by atoms with Crippen molar-refractivity contribution in [3.8, 4) is 10.7 Å². The van der Waals surface area contributed by atoms with Gasteiger partial charge >= 0.3 is 0 Å². The zero-order valence-corrected chi connectivity index (χ0v) is 18.4. The van der Waals surface area contributed by atoms with Crippen LogP contribution in [0.15, 0.2) is 45.3 Å². The van der Waals surface area contributed by atoms with Crippen LogP contribution in [0.5, 0.6) is 0 Å². The molecular formula is C21H21FN4O2S2. The number of furan rings is 1. The lowest BCUT2D eigenvalue weighted by atomic mass is 10.1. The number of halogens is 1. The minimum atomic E-state index is -0.334. The van der Waals surface area contributed by atoms with Gasteiger partial charge in [-0.1, -0.05) is 17.8 Å². The first-order valence-electron chi connectivity index (χ1n) is 9.55. The summed E-state index contributed by atoms with van der Waals surface area (Å²) in [6.07, 6.45) is 0. The Hall–Kier alpha value is -2.65. The van der Waals surface area contributed by atoms with E-state index >= 15 is 0 Å². The summed E-state index contributed by atoms with van der Waals surface area (Å²) >= 11 is 2.96. The number of hydrogen-bond donors (Lipinski definition) is 1. The molecule has 0 aliphatic carbocycles. The van der Waals surface area contributed by atoms with E-state index in [1.807, 2.05) is 42.9 Å². The van der Waals surface area contributed by atoms with Crippen molar-refractivity contribution in [2.75, 3.05) is 5.75 Å². The van der Waals surface area contributed by atoms with E-state index < -0.39 is 0 Å². The fourth-order valence-electron chi connectivity index (χ4n) is 3.37. The molecule has 1 atom stereocenters. The summed E-state index contributed by atoms with van der Waals surface area (Å²) in [5.74, 6) is 1.20. The van der Waals surface area contributed by atoms with Gasteiger partial charge < -0.3 is 14.3 Å². The average molecular weight is 445 g/mol. The highest BCUT2D eigenvalue weighted by Crippen LogP contribution is 2.30. The van der Waals surface area contributed by atoms with Crippen LogP contribution in [-0.4, -0.2) is 26.4 Å². The summed E-state index contributed by atoms with van der Waals surface area (Å²) in [6.45, 7) is 6.47.